The average molecular weight is 356 g/mol. The van der Waals surface area contributed by atoms with Crippen molar-refractivity contribution >= 4 is 16.0 Å². The van der Waals surface area contributed by atoms with Gasteiger partial charge < -0.3 is 10.6 Å². The monoisotopic (exact) mass is 356 g/mol. The van der Waals surface area contributed by atoms with Gasteiger partial charge in [0.05, 0.1) is 12.3 Å². The van der Waals surface area contributed by atoms with Crippen LogP contribution in [0.1, 0.15) is 18.9 Å². The molecule has 6 nitrogen and oxygen atoms in total. The van der Waals surface area contributed by atoms with Crippen molar-refractivity contribution in [3.63, 3.8) is 0 Å². The molecule has 0 radical (unpaired) electrons. The molecule has 8 heteroatoms. The van der Waals surface area contributed by atoms with E-state index >= 15 is 0 Å². The zero-order valence-electron chi connectivity index (χ0n) is 14.0. The Kier molecular flexibility index (Phi) is 6.99. The van der Waals surface area contributed by atoms with Crippen molar-refractivity contribution in [1.29, 1.82) is 0 Å². The largest absolute Gasteiger partial charge is 0.357 e. The molecule has 1 saturated heterocycles. The molecule has 0 atom stereocenters. The van der Waals surface area contributed by atoms with Gasteiger partial charge in [-0.3, -0.25) is 4.99 Å². The lowest BCUT2D eigenvalue weighted by Crippen LogP contribution is -2.39. The predicted octanol–water partition coefficient (Wildman–Crippen LogP) is 0.959. The van der Waals surface area contributed by atoms with E-state index in [1.165, 1.54) is 10.4 Å². The predicted molar refractivity (Wildman–Crippen MR) is 94.1 cm³/mol. The van der Waals surface area contributed by atoms with Gasteiger partial charge in [0.1, 0.15) is 5.82 Å². The normalized spacial score (nSPS) is 17.8. The molecule has 2 rings (SSSR count). The first-order valence-corrected chi connectivity index (χ1v) is 9.87. The minimum absolute atomic E-state index is 0.208. The summed E-state index contributed by atoms with van der Waals surface area (Å²) in [5.74, 6) is 0.642. The first kappa shape index (κ1) is 18.7. The van der Waals surface area contributed by atoms with Crippen molar-refractivity contribution in [2.24, 2.45) is 4.99 Å². The highest BCUT2D eigenvalue weighted by Crippen LogP contribution is 2.12. The van der Waals surface area contributed by atoms with Gasteiger partial charge in [-0.15, -0.1) is 0 Å². The van der Waals surface area contributed by atoms with Crippen molar-refractivity contribution in [1.82, 2.24) is 14.9 Å². The van der Waals surface area contributed by atoms with E-state index in [-0.39, 0.29) is 11.6 Å². The van der Waals surface area contributed by atoms with Gasteiger partial charge in [0.25, 0.3) is 0 Å². The molecule has 0 bridgehead atoms. The van der Waals surface area contributed by atoms with E-state index in [9.17, 15) is 12.8 Å². The van der Waals surface area contributed by atoms with Gasteiger partial charge >= 0.3 is 0 Å². The van der Waals surface area contributed by atoms with Crippen LogP contribution in [-0.2, 0) is 16.4 Å². The summed E-state index contributed by atoms with van der Waals surface area (Å²) in [4.78, 5) is 4.39. The molecule has 1 heterocycles. The summed E-state index contributed by atoms with van der Waals surface area (Å²) >= 11 is 0. The number of nitrogens with zero attached hydrogens (tertiary/aromatic N) is 2. The van der Waals surface area contributed by atoms with Crippen LogP contribution < -0.4 is 10.6 Å². The van der Waals surface area contributed by atoms with Crippen LogP contribution in [0.25, 0.3) is 0 Å². The molecule has 1 aliphatic heterocycles. The third-order valence-corrected chi connectivity index (χ3v) is 5.77. The van der Waals surface area contributed by atoms with Gasteiger partial charge in [-0.05, 0) is 31.4 Å². The maximum atomic E-state index is 13.6. The molecular formula is C16H25FN4O2S. The summed E-state index contributed by atoms with van der Waals surface area (Å²) in [5.41, 5.74) is 0.656. The number of aliphatic imine (C=N–C) groups is 1. The van der Waals surface area contributed by atoms with Crippen molar-refractivity contribution in [3.8, 4) is 0 Å². The number of nitrogens with one attached hydrogen (secondary N) is 2. The molecule has 134 valence electrons. The molecular weight excluding hydrogens is 331 g/mol. The number of hydrogen-bond donors (Lipinski definition) is 2. The quantitative estimate of drug-likeness (QED) is 0.564. The second-order valence-corrected chi connectivity index (χ2v) is 7.69. The molecule has 0 unspecified atom stereocenters. The standard InChI is InChI=1S/C16H25FN4O2S/c1-2-18-16(19-9-8-14-6-3-4-7-15(14)17)20-10-12-21-11-5-13-24(21,22)23/h3-4,6-7H,2,5,8-13H2,1H3,(H2,18,19,20). The van der Waals surface area contributed by atoms with Crippen LogP contribution in [-0.4, -0.2) is 57.2 Å². The van der Waals surface area contributed by atoms with Crippen LogP contribution in [0.5, 0.6) is 0 Å². The molecule has 1 aliphatic rings. The Labute approximate surface area is 143 Å². The van der Waals surface area contributed by atoms with Gasteiger partial charge in [0.2, 0.25) is 10.0 Å². The number of hydrogen-bond acceptors (Lipinski definition) is 3. The highest BCUT2D eigenvalue weighted by Gasteiger charge is 2.27. The van der Waals surface area contributed by atoms with Crippen LogP contribution in [0.15, 0.2) is 29.3 Å². The van der Waals surface area contributed by atoms with Crippen molar-refractivity contribution in [3.05, 3.63) is 35.6 Å². The van der Waals surface area contributed by atoms with Crippen LogP contribution in [0, 0.1) is 5.82 Å². The van der Waals surface area contributed by atoms with Crippen molar-refractivity contribution in [2.45, 2.75) is 19.8 Å². The highest BCUT2D eigenvalue weighted by molar-refractivity contribution is 7.89. The number of halogens is 1. The zero-order valence-corrected chi connectivity index (χ0v) is 14.8. The molecule has 1 aromatic carbocycles. The van der Waals surface area contributed by atoms with Crippen molar-refractivity contribution < 1.29 is 12.8 Å². The molecule has 1 aromatic rings. The summed E-state index contributed by atoms with van der Waals surface area (Å²) in [7, 11) is -3.07. The number of guanidine groups is 1. The van der Waals surface area contributed by atoms with E-state index in [1.807, 2.05) is 13.0 Å². The minimum Gasteiger partial charge on any atom is -0.357 e. The fourth-order valence-corrected chi connectivity index (χ4v) is 4.09. The van der Waals surface area contributed by atoms with Crippen molar-refractivity contribution in [2.75, 3.05) is 38.5 Å². The van der Waals surface area contributed by atoms with Gasteiger partial charge in [-0.1, -0.05) is 18.2 Å². The van der Waals surface area contributed by atoms with E-state index < -0.39 is 10.0 Å². The summed E-state index contributed by atoms with van der Waals surface area (Å²) in [5, 5.41) is 6.25. The molecule has 0 aliphatic carbocycles. The lowest BCUT2D eigenvalue weighted by Gasteiger charge is -2.14. The van der Waals surface area contributed by atoms with Crippen LogP contribution in [0.2, 0.25) is 0 Å². The number of sulfonamides is 1. The molecule has 0 amide bonds. The van der Waals surface area contributed by atoms with Crippen LogP contribution in [0.4, 0.5) is 4.39 Å². The third-order valence-electron chi connectivity index (χ3n) is 3.81. The Morgan fingerprint density at radius 3 is 2.79 bits per heavy atom. The van der Waals surface area contributed by atoms with Crippen LogP contribution in [0.3, 0.4) is 0 Å². The zero-order chi connectivity index (χ0) is 17.4. The van der Waals surface area contributed by atoms with E-state index in [0.717, 1.165) is 0 Å². The van der Waals surface area contributed by atoms with Gasteiger partial charge in [-0.2, -0.15) is 0 Å². The Balaban J connectivity index is 1.81. The topological polar surface area (TPSA) is 73.8 Å². The highest BCUT2D eigenvalue weighted by atomic mass is 32.2. The number of benzene rings is 1. The van der Waals surface area contributed by atoms with Gasteiger partial charge in [0.15, 0.2) is 5.96 Å². The van der Waals surface area contributed by atoms with Gasteiger partial charge in [-0.25, -0.2) is 17.1 Å². The Morgan fingerprint density at radius 2 is 2.12 bits per heavy atom. The second kappa shape index (κ2) is 8.98. The molecule has 1 fully saturated rings. The SMILES string of the molecule is CCNC(=NCCN1CCCS1(=O)=O)NCCc1ccccc1F. The minimum atomic E-state index is -3.07. The Bertz CT molecular complexity index is 664. The average Bonchev–Trinajstić information content (AvgIpc) is 2.88. The summed E-state index contributed by atoms with van der Waals surface area (Å²) in [6.45, 7) is 4.58. The smallest absolute Gasteiger partial charge is 0.214 e. The van der Waals surface area contributed by atoms with Gasteiger partial charge in [0, 0.05) is 26.2 Å². The first-order valence-electron chi connectivity index (χ1n) is 8.26. The molecule has 2 N–H and O–H groups in total. The van der Waals surface area contributed by atoms with E-state index in [2.05, 4.69) is 15.6 Å². The molecule has 0 saturated carbocycles. The fourth-order valence-electron chi connectivity index (χ4n) is 2.57. The molecule has 24 heavy (non-hydrogen) atoms. The maximum Gasteiger partial charge on any atom is 0.214 e. The van der Waals surface area contributed by atoms with E-state index in [1.54, 1.807) is 12.1 Å². The fraction of sp³-hybridized carbons (Fsp3) is 0.562. The number of rotatable bonds is 7. The third kappa shape index (κ3) is 5.45. The molecule has 0 spiro atoms. The maximum absolute atomic E-state index is 13.6. The van der Waals surface area contributed by atoms with E-state index in [4.69, 9.17) is 0 Å². The molecule has 0 aromatic heterocycles. The van der Waals surface area contributed by atoms with E-state index in [0.29, 0.717) is 57.1 Å². The lowest BCUT2D eigenvalue weighted by molar-refractivity contribution is 0.452. The lowest BCUT2D eigenvalue weighted by atomic mass is 10.1. The Hall–Kier alpha value is -1.67. The second-order valence-electron chi connectivity index (χ2n) is 5.60. The first-order chi connectivity index (χ1) is 11.5. The van der Waals surface area contributed by atoms with Crippen LogP contribution >= 0.6 is 0 Å². The summed E-state index contributed by atoms with van der Waals surface area (Å²) in [6.07, 6.45) is 1.24. The summed E-state index contributed by atoms with van der Waals surface area (Å²) < 4.78 is 38.5. The Morgan fingerprint density at radius 1 is 1.33 bits per heavy atom. The summed E-state index contributed by atoms with van der Waals surface area (Å²) in [6, 6.07) is 6.70.